The summed E-state index contributed by atoms with van der Waals surface area (Å²) in [5.41, 5.74) is 5.25. The number of aromatic hydroxyl groups is 2. The highest BCUT2D eigenvalue weighted by atomic mass is 32.2. The molecule has 8 heteroatoms. The number of rotatable bonds is 5. The van der Waals surface area contributed by atoms with E-state index >= 15 is 0 Å². The molecular weight excluding hydrogens is 617 g/mol. The standard InChI is InChI=1S/C38H34O6S2/c1-21-15-23(3)37(24(4)16-21)45(41,42)29-9-11-31-27(19-29)7-13-33(39)35(31)36-32-12-10-30(20-28(32)8-14-34(36)40)46(43,44)38-25(5)17-22(2)18-26(38)6/h7-20,39-40H,1-6H3. The highest BCUT2D eigenvalue weighted by Gasteiger charge is 2.26. The Labute approximate surface area is 269 Å². The van der Waals surface area contributed by atoms with Crippen LogP contribution in [0.15, 0.2) is 105 Å². The molecule has 0 radical (unpaired) electrons. The smallest absolute Gasteiger partial charge is 0.207 e. The van der Waals surface area contributed by atoms with Gasteiger partial charge in [-0.2, -0.15) is 0 Å². The molecule has 6 nitrogen and oxygen atoms in total. The maximum absolute atomic E-state index is 13.8. The number of hydrogen-bond donors (Lipinski definition) is 2. The van der Waals surface area contributed by atoms with Crippen molar-refractivity contribution in [2.45, 2.75) is 61.1 Å². The lowest BCUT2D eigenvalue weighted by Gasteiger charge is -2.17. The molecule has 6 aromatic rings. The van der Waals surface area contributed by atoms with Crippen LogP contribution in [0.2, 0.25) is 0 Å². The van der Waals surface area contributed by atoms with Crippen LogP contribution in [0.4, 0.5) is 0 Å². The molecule has 0 spiro atoms. The van der Waals surface area contributed by atoms with E-state index in [1.807, 2.05) is 38.1 Å². The second-order valence-electron chi connectivity index (χ2n) is 12.1. The summed E-state index contributed by atoms with van der Waals surface area (Å²) in [6, 6.07) is 23.1. The van der Waals surface area contributed by atoms with Gasteiger partial charge in [0.2, 0.25) is 19.7 Å². The minimum absolute atomic E-state index is 0.112. The minimum atomic E-state index is -3.86. The molecule has 0 aliphatic heterocycles. The van der Waals surface area contributed by atoms with Crippen molar-refractivity contribution in [2.75, 3.05) is 0 Å². The zero-order valence-corrected chi connectivity index (χ0v) is 28.1. The molecule has 0 atom stereocenters. The third kappa shape index (κ3) is 5.02. The molecule has 0 aromatic heterocycles. The van der Waals surface area contributed by atoms with E-state index in [-0.39, 0.29) is 31.1 Å². The van der Waals surface area contributed by atoms with E-state index in [9.17, 15) is 27.0 Å². The summed E-state index contributed by atoms with van der Waals surface area (Å²) in [6.07, 6.45) is 0. The predicted octanol–water partition coefficient (Wildman–Crippen LogP) is 8.59. The van der Waals surface area contributed by atoms with Gasteiger partial charge in [-0.05, 0) is 122 Å². The van der Waals surface area contributed by atoms with Crippen LogP contribution in [0.5, 0.6) is 11.5 Å². The van der Waals surface area contributed by atoms with Crippen molar-refractivity contribution in [3.8, 4) is 22.6 Å². The van der Waals surface area contributed by atoms with Crippen LogP contribution in [-0.4, -0.2) is 27.0 Å². The third-order valence-corrected chi connectivity index (χ3v) is 12.7. The fourth-order valence-corrected chi connectivity index (χ4v) is 10.3. The highest BCUT2D eigenvalue weighted by molar-refractivity contribution is 7.92. The first-order chi connectivity index (χ1) is 21.6. The Hall–Kier alpha value is -4.66. The summed E-state index contributed by atoms with van der Waals surface area (Å²) in [5, 5.41) is 24.4. The highest BCUT2D eigenvalue weighted by Crippen LogP contribution is 2.46. The van der Waals surface area contributed by atoms with Gasteiger partial charge < -0.3 is 10.2 Å². The van der Waals surface area contributed by atoms with Gasteiger partial charge in [0.15, 0.2) is 0 Å². The summed E-state index contributed by atoms with van der Waals surface area (Å²) < 4.78 is 55.3. The first-order valence-electron chi connectivity index (χ1n) is 14.8. The average Bonchev–Trinajstić information content (AvgIpc) is 2.95. The van der Waals surface area contributed by atoms with E-state index in [0.29, 0.717) is 54.9 Å². The van der Waals surface area contributed by atoms with Gasteiger partial charge in [-0.25, -0.2) is 16.8 Å². The Morgan fingerprint density at radius 2 is 0.761 bits per heavy atom. The molecule has 0 bridgehead atoms. The fraction of sp³-hybridized carbons (Fsp3) is 0.158. The summed E-state index contributed by atoms with van der Waals surface area (Å²) in [5.74, 6) is -0.225. The first kappa shape index (κ1) is 31.3. The predicted molar refractivity (Wildman–Crippen MR) is 182 cm³/mol. The molecule has 0 saturated carbocycles. The van der Waals surface area contributed by atoms with Gasteiger partial charge in [0.05, 0.1) is 19.6 Å². The van der Waals surface area contributed by atoms with Crippen molar-refractivity contribution in [2.24, 2.45) is 0 Å². The second kappa shape index (κ2) is 11.0. The lowest BCUT2D eigenvalue weighted by Crippen LogP contribution is -2.07. The molecule has 0 saturated heterocycles. The SMILES string of the molecule is Cc1cc(C)c(S(=O)(=O)c2ccc3c(-c4c(O)ccc5cc(S(=O)(=O)c6c(C)cc(C)cc6C)ccc45)c(O)ccc3c2)c(C)c1. The summed E-state index contributed by atoms with van der Waals surface area (Å²) >= 11 is 0. The van der Waals surface area contributed by atoms with Crippen LogP contribution >= 0.6 is 0 Å². The van der Waals surface area contributed by atoms with Crippen molar-refractivity contribution >= 4 is 41.2 Å². The van der Waals surface area contributed by atoms with Gasteiger partial charge in [-0.3, -0.25) is 0 Å². The van der Waals surface area contributed by atoms with Gasteiger partial charge in [0.1, 0.15) is 11.5 Å². The van der Waals surface area contributed by atoms with Crippen LogP contribution in [-0.2, 0) is 19.7 Å². The van der Waals surface area contributed by atoms with E-state index in [4.69, 9.17) is 0 Å². The topological polar surface area (TPSA) is 109 Å². The Balaban J connectivity index is 1.53. The fourth-order valence-electron chi connectivity index (χ4n) is 6.87. The number of hydrogen-bond acceptors (Lipinski definition) is 6. The molecule has 0 aliphatic rings. The lowest BCUT2D eigenvalue weighted by molar-refractivity contribution is 0.470. The molecule has 2 N–H and O–H groups in total. The first-order valence-corrected chi connectivity index (χ1v) is 17.8. The molecule has 234 valence electrons. The molecule has 6 rings (SSSR count). The maximum Gasteiger partial charge on any atom is 0.207 e. The van der Waals surface area contributed by atoms with Crippen molar-refractivity contribution in [3.05, 3.63) is 118 Å². The second-order valence-corrected chi connectivity index (χ2v) is 15.9. The summed E-state index contributed by atoms with van der Waals surface area (Å²) in [6.45, 7) is 11.0. The zero-order valence-electron chi connectivity index (χ0n) is 26.4. The van der Waals surface area contributed by atoms with Crippen molar-refractivity contribution < 1.29 is 27.0 Å². The molecule has 0 aliphatic carbocycles. The molecule has 0 amide bonds. The van der Waals surface area contributed by atoms with Gasteiger partial charge in [-0.1, -0.05) is 59.7 Å². The van der Waals surface area contributed by atoms with Crippen molar-refractivity contribution in [1.82, 2.24) is 0 Å². The van der Waals surface area contributed by atoms with Crippen LogP contribution in [0.1, 0.15) is 33.4 Å². The summed E-state index contributed by atoms with van der Waals surface area (Å²) in [7, 11) is -7.72. The molecule has 6 aromatic carbocycles. The average molecular weight is 651 g/mol. The maximum atomic E-state index is 13.8. The molecule has 46 heavy (non-hydrogen) atoms. The van der Waals surface area contributed by atoms with Crippen LogP contribution in [0.25, 0.3) is 32.7 Å². The minimum Gasteiger partial charge on any atom is -0.507 e. The molecular formula is C38H34O6S2. The molecule has 0 fully saturated rings. The number of aryl methyl sites for hydroxylation is 6. The van der Waals surface area contributed by atoms with Gasteiger partial charge >= 0.3 is 0 Å². The largest absolute Gasteiger partial charge is 0.507 e. The van der Waals surface area contributed by atoms with E-state index in [1.165, 1.54) is 24.3 Å². The zero-order chi connectivity index (χ0) is 33.3. The lowest BCUT2D eigenvalue weighted by atomic mass is 9.92. The van der Waals surface area contributed by atoms with Crippen molar-refractivity contribution in [1.29, 1.82) is 0 Å². The van der Waals surface area contributed by atoms with E-state index in [0.717, 1.165) is 11.1 Å². The number of phenolic OH excluding ortho intramolecular Hbond substituents is 2. The van der Waals surface area contributed by atoms with Crippen LogP contribution < -0.4 is 0 Å². The van der Waals surface area contributed by atoms with E-state index < -0.39 is 19.7 Å². The van der Waals surface area contributed by atoms with Gasteiger partial charge in [0.25, 0.3) is 0 Å². The quantitative estimate of drug-likeness (QED) is 0.193. The van der Waals surface area contributed by atoms with Crippen LogP contribution in [0, 0.1) is 41.5 Å². The van der Waals surface area contributed by atoms with Crippen LogP contribution in [0.3, 0.4) is 0 Å². The normalized spacial score (nSPS) is 12.2. The molecule has 0 heterocycles. The van der Waals surface area contributed by atoms with Gasteiger partial charge in [-0.15, -0.1) is 0 Å². The van der Waals surface area contributed by atoms with Gasteiger partial charge in [0, 0.05) is 11.1 Å². The van der Waals surface area contributed by atoms with E-state index in [1.54, 1.807) is 64.1 Å². The number of fused-ring (bicyclic) bond motifs is 2. The van der Waals surface area contributed by atoms with Crippen molar-refractivity contribution in [3.63, 3.8) is 0 Å². The summed E-state index contributed by atoms with van der Waals surface area (Å²) in [4.78, 5) is 0.769. The van der Waals surface area contributed by atoms with E-state index in [2.05, 4.69) is 0 Å². The number of benzene rings is 6. The monoisotopic (exact) mass is 650 g/mol. The number of phenols is 2. The Morgan fingerprint density at radius 1 is 0.435 bits per heavy atom. The Bertz CT molecular complexity index is 2260. The Kier molecular flexibility index (Phi) is 7.49. The Morgan fingerprint density at radius 3 is 1.09 bits per heavy atom. The molecule has 0 unspecified atom stereocenters. The third-order valence-electron chi connectivity index (χ3n) is 8.56. The number of sulfone groups is 2.